The third-order valence-electron chi connectivity index (χ3n) is 4.78. The molecular formula is C15H34InN3. The molecule has 0 aromatic heterocycles. The molecule has 0 saturated carbocycles. The number of nitrogens with zero attached hydrogens (tertiary/aromatic N) is 1. The molecule has 0 aromatic rings. The van der Waals surface area contributed by atoms with Gasteiger partial charge in [-0.05, 0) is 0 Å². The minimum atomic E-state index is -0.578. The quantitative estimate of drug-likeness (QED) is 0.745. The fourth-order valence-corrected chi connectivity index (χ4v) is 6.25. The summed E-state index contributed by atoms with van der Waals surface area (Å²) in [5, 5.41) is 7.16. The van der Waals surface area contributed by atoms with Crippen LogP contribution >= 0.6 is 0 Å². The number of hydrogen-bond donors (Lipinski definition) is 2. The molecule has 3 nitrogen and oxygen atoms in total. The van der Waals surface area contributed by atoms with Gasteiger partial charge in [-0.2, -0.15) is 0 Å². The van der Waals surface area contributed by atoms with E-state index in [0.717, 1.165) is 15.8 Å². The van der Waals surface area contributed by atoms with Crippen LogP contribution in [0.25, 0.3) is 0 Å². The van der Waals surface area contributed by atoms with Gasteiger partial charge in [-0.3, -0.25) is 0 Å². The molecule has 0 aromatic carbocycles. The first-order valence-corrected chi connectivity index (χ1v) is 14.2. The SMILES string of the molecule is [CH3][InH][C]1(C)CCNCCC(N(C)CCNC(C)C)C1. The van der Waals surface area contributed by atoms with Gasteiger partial charge in [0.05, 0.1) is 0 Å². The van der Waals surface area contributed by atoms with Gasteiger partial charge < -0.3 is 0 Å². The van der Waals surface area contributed by atoms with E-state index in [1.807, 2.05) is 0 Å². The summed E-state index contributed by atoms with van der Waals surface area (Å²) in [7, 11) is 2.32. The van der Waals surface area contributed by atoms with Gasteiger partial charge in [0, 0.05) is 0 Å². The van der Waals surface area contributed by atoms with Gasteiger partial charge in [0.15, 0.2) is 0 Å². The summed E-state index contributed by atoms with van der Waals surface area (Å²) in [4.78, 5) is 2.60. The fourth-order valence-electron chi connectivity index (χ4n) is 2.97. The van der Waals surface area contributed by atoms with Gasteiger partial charge in [-0.25, -0.2) is 0 Å². The van der Waals surface area contributed by atoms with Crippen molar-refractivity contribution < 1.29 is 0 Å². The molecule has 0 spiro atoms. The van der Waals surface area contributed by atoms with Crippen molar-refractivity contribution in [3.8, 4) is 0 Å². The number of rotatable bonds is 6. The molecule has 4 heteroatoms. The summed E-state index contributed by atoms with van der Waals surface area (Å²) in [6, 6.07) is 1.38. The first-order valence-electron chi connectivity index (χ1n) is 8.11. The second kappa shape index (κ2) is 8.91. The summed E-state index contributed by atoms with van der Waals surface area (Å²) in [6.45, 7) is 11.7. The predicted octanol–water partition coefficient (Wildman–Crippen LogP) is 1.72. The molecule has 1 fully saturated rings. The summed E-state index contributed by atoms with van der Waals surface area (Å²) in [5.41, 5.74) is 0. The third-order valence-corrected chi connectivity index (χ3v) is 11.5. The van der Waals surface area contributed by atoms with Crippen LogP contribution in [0.2, 0.25) is 7.85 Å². The molecule has 2 N–H and O–H groups in total. The van der Waals surface area contributed by atoms with E-state index in [-0.39, 0.29) is 0 Å². The van der Waals surface area contributed by atoms with Crippen molar-refractivity contribution in [1.82, 2.24) is 15.5 Å². The average molecular weight is 371 g/mol. The summed E-state index contributed by atoms with van der Waals surface area (Å²) in [5.74, 6) is 0. The van der Waals surface area contributed by atoms with Gasteiger partial charge in [-0.1, -0.05) is 0 Å². The number of hydrogen-bond acceptors (Lipinski definition) is 3. The van der Waals surface area contributed by atoms with E-state index < -0.39 is 22.9 Å². The molecule has 1 aliphatic heterocycles. The molecule has 112 valence electrons. The Morgan fingerprint density at radius 1 is 1.42 bits per heavy atom. The van der Waals surface area contributed by atoms with Gasteiger partial charge >= 0.3 is 132 Å². The van der Waals surface area contributed by atoms with Crippen molar-refractivity contribution in [2.45, 2.75) is 60.0 Å². The van der Waals surface area contributed by atoms with Crippen LogP contribution in [0.4, 0.5) is 0 Å². The molecule has 2 atom stereocenters. The van der Waals surface area contributed by atoms with E-state index in [9.17, 15) is 0 Å². The van der Waals surface area contributed by atoms with Crippen molar-refractivity contribution in [2.75, 3.05) is 33.2 Å². The van der Waals surface area contributed by atoms with E-state index in [0.29, 0.717) is 6.04 Å². The van der Waals surface area contributed by atoms with Crippen molar-refractivity contribution >= 4 is 22.9 Å². The Bertz CT molecular complexity index is 248. The third kappa shape index (κ3) is 6.83. The summed E-state index contributed by atoms with van der Waals surface area (Å²) < 4.78 is 3.28. The van der Waals surface area contributed by atoms with Crippen LogP contribution in [0, 0.1) is 0 Å². The first kappa shape index (κ1) is 17.8. The molecule has 1 saturated heterocycles. The number of nitrogens with one attached hydrogen (secondary N) is 2. The van der Waals surface area contributed by atoms with E-state index in [1.165, 1.54) is 38.9 Å². The second-order valence-corrected chi connectivity index (χ2v) is 13.8. The Morgan fingerprint density at radius 2 is 2.16 bits per heavy atom. The van der Waals surface area contributed by atoms with Crippen molar-refractivity contribution in [1.29, 1.82) is 0 Å². The van der Waals surface area contributed by atoms with Crippen molar-refractivity contribution in [2.24, 2.45) is 0 Å². The van der Waals surface area contributed by atoms with E-state index in [1.54, 1.807) is 0 Å². The fraction of sp³-hybridized carbons (Fsp3) is 1.00. The Balaban J connectivity index is 2.47. The molecule has 19 heavy (non-hydrogen) atoms. The zero-order valence-electron chi connectivity index (χ0n) is 13.8. The van der Waals surface area contributed by atoms with Crippen LogP contribution in [0.3, 0.4) is 0 Å². The summed E-state index contributed by atoms with van der Waals surface area (Å²) in [6.07, 6.45) is 4.17. The van der Waals surface area contributed by atoms with E-state index in [4.69, 9.17) is 0 Å². The Morgan fingerprint density at radius 3 is 2.79 bits per heavy atom. The summed E-state index contributed by atoms with van der Waals surface area (Å²) >= 11 is -0.578. The van der Waals surface area contributed by atoms with Crippen LogP contribution < -0.4 is 10.6 Å². The molecule has 0 amide bonds. The normalized spacial score (nSPS) is 29.3. The predicted molar refractivity (Wildman–Crippen MR) is 87.7 cm³/mol. The second-order valence-electron chi connectivity index (χ2n) is 6.90. The average Bonchev–Trinajstić information content (AvgIpc) is 2.33. The van der Waals surface area contributed by atoms with Gasteiger partial charge in [-0.15, -0.1) is 0 Å². The van der Waals surface area contributed by atoms with Crippen LogP contribution in [0.15, 0.2) is 0 Å². The molecule has 0 bridgehead atoms. The minimum absolute atomic E-state index is 0.578. The monoisotopic (exact) mass is 371 g/mol. The van der Waals surface area contributed by atoms with Crippen LogP contribution in [0.1, 0.15) is 40.0 Å². The molecule has 1 rings (SSSR count). The van der Waals surface area contributed by atoms with Crippen LogP contribution in [0.5, 0.6) is 0 Å². The van der Waals surface area contributed by atoms with E-state index in [2.05, 4.69) is 48.0 Å². The number of likely N-dealkylation sites (N-methyl/N-ethyl adjacent to an activating group) is 1. The van der Waals surface area contributed by atoms with Crippen LogP contribution in [-0.4, -0.2) is 73.1 Å². The molecule has 1 aliphatic rings. The standard InChI is InChI=1S/C14H30N3.CH3.In.H/c1-12(2)16-9-10-17(4)14-6-8-15-7-5-13(3)11-14;;;/h12,14-16H,5-11H2,1-4H3;1H3;;. The topological polar surface area (TPSA) is 27.3 Å². The molecule has 1 heterocycles. The maximum atomic E-state index is 3.63. The van der Waals surface area contributed by atoms with E-state index >= 15 is 0 Å². The van der Waals surface area contributed by atoms with Gasteiger partial charge in [0.25, 0.3) is 0 Å². The van der Waals surface area contributed by atoms with Crippen LogP contribution in [-0.2, 0) is 0 Å². The molecule has 0 aliphatic carbocycles. The van der Waals surface area contributed by atoms with Gasteiger partial charge in [0.2, 0.25) is 0 Å². The zero-order valence-corrected chi connectivity index (χ0v) is 17.8. The van der Waals surface area contributed by atoms with Crippen molar-refractivity contribution in [3.05, 3.63) is 0 Å². The van der Waals surface area contributed by atoms with Crippen molar-refractivity contribution in [3.63, 3.8) is 0 Å². The molecule has 2 unspecified atom stereocenters. The Hall–Kier alpha value is 0.750. The van der Waals surface area contributed by atoms with Gasteiger partial charge in [0.1, 0.15) is 0 Å². The zero-order chi connectivity index (χ0) is 14.3. The molecule has 0 radical (unpaired) electrons. The Kier molecular flexibility index (Phi) is 8.35. The maximum absolute atomic E-state index is 3.63. The molecular weight excluding hydrogens is 337 g/mol. The Labute approximate surface area is 131 Å². The first-order chi connectivity index (χ1) is 8.97.